The van der Waals surface area contributed by atoms with Crippen LogP contribution in [0.15, 0.2) is 12.3 Å². The Hall–Kier alpha value is -1.45. The lowest BCUT2D eigenvalue weighted by Crippen LogP contribution is -2.21. The normalized spacial score (nSPS) is 10.2. The molecule has 4 nitrogen and oxygen atoms in total. The van der Waals surface area contributed by atoms with Crippen LogP contribution >= 0.6 is 0 Å². The smallest absolute Gasteiger partial charge is 0.288 e. The molecule has 1 aromatic rings. The van der Waals surface area contributed by atoms with Gasteiger partial charge >= 0.3 is 0 Å². The summed E-state index contributed by atoms with van der Waals surface area (Å²) >= 11 is 0. The molecule has 1 aromatic heterocycles. The molecule has 0 bridgehead atoms. The van der Waals surface area contributed by atoms with Crippen LogP contribution in [0.3, 0.4) is 0 Å². The van der Waals surface area contributed by atoms with Crippen LogP contribution in [0, 0.1) is 0 Å². The fraction of sp³-hybridized carbons (Fsp3) is 0.444. The van der Waals surface area contributed by atoms with Crippen LogP contribution in [0.1, 0.15) is 36.1 Å². The molecule has 0 saturated heterocycles. The molecule has 0 fully saturated rings. The number of nitrogens with zero attached hydrogens (tertiary/aromatic N) is 2. The highest BCUT2D eigenvalue weighted by Gasteiger charge is 2.08. The van der Waals surface area contributed by atoms with Crippen LogP contribution in [-0.4, -0.2) is 22.9 Å². The number of hydrogen-bond donors (Lipinski definition) is 1. The lowest BCUT2D eigenvalue weighted by Gasteiger charge is -2.04. The molecule has 4 heteroatoms. The number of rotatable bonds is 2. The van der Waals surface area contributed by atoms with Crippen LogP contribution in [0.5, 0.6) is 0 Å². The van der Waals surface area contributed by atoms with Crippen LogP contribution < -0.4 is 5.32 Å². The highest BCUT2D eigenvalue weighted by Crippen LogP contribution is 2.09. The van der Waals surface area contributed by atoms with E-state index < -0.39 is 0 Å². The lowest BCUT2D eigenvalue weighted by atomic mass is 10.1. The first-order chi connectivity index (χ1) is 6.15. The van der Waals surface area contributed by atoms with E-state index in [2.05, 4.69) is 15.3 Å². The zero-order chi connectivity index (χ0) is 9.84. The molecule has 1 amide bonds. The number of aromatic nitrogens is 2. The van der Waals surface area contributed by atoms with Gasteiger partial charge in [0.05, 0.1) is 0 Å². The van der Waals surface area contributed by atoms with Crippen molar-refractivity contribution in [3.63, 3.8) is 0 Å². The summed E-state index contributed by atoms with van der Waals surface area (Å²) in [4.78, 5) is 19.1. The highest BCUT2D eigenvalue weighted by molar-refractivity contribution is 5.90. The Labute approximate surface area is 77.4 Å². The van der Waals surface area contributed by atoms with Gasteiger partial charge in [-0.25, -0.2) is 9.97 Å². The highest BCUT2D eigenvalue weighted by atomic mass is 16.2. The van der Waals surface area contributed by atoms with E-state index in [0.717, 1.165) is 5.69 Å². The molecule has 0 saturated carbocycles. The molecule has 1 N–H and O–H groups in total. The second kappa shape index (κ2) is 3.98. The molecule has 0 atom stereocenters. The van der Waals surface area contributed by atoms with Gasteiger partial charge in [0.15, 0.2) is 0 Å². The first-order valence-corrected chi connectivity index (χ1v) is 4.20. The largest absolute Gasteiger partial charge is 0.352 e. The predicted octanol–water partition coefficient (Wildman–Crippen LogP) is 0.960. The average Bonchev–Trinajstić information content (AvgIpc) is 2.17. The third-order valence-electron chi connectivity index (χ3n) is 1.70. The zero-order valence-electron chi connectivity index (χ0n) is 8.03. The minimum atomic E-state index is -0.248. The fourth-order valence-corrected chi connectivity index (χ4v) is 0.915. The fourth-order valence-electron chi connectivity index (χ4n) is 0.915. The van der Waals surface area contributed by atoms with Crippen molar-refractivity contribution in [2.24, 2.45) is 0 Å². The lowest BCUT2D eigenvalue weighted by molar-refractivity contribution is 0.0952. The Balaban J connectivity index is 2.98. The van der Waals surface area contributed by atoms with Crippen molar-refractivity contribution in [3.8, 4) is 0 Å². The zero-order valence-corrected chi connectivity index (χ0v) is 8.03. The van der Waals surface area contributed by atoms with Gasteiger partial charge in [0.1, 0.15) is 0 Å². The van der Waals surface area contributed by atoms with Crippen LogP contribution in [0.25, 0.3) is 0 Å². The number of hydrogen-bond acceptors (Lipinski definition) is 3. The van der Waals surface area contributed by atoms with E-state index in [-0.39, 0.29) is 11.7 Å². The van der Waals surface area contributed by atoms with Gasteiger partial charge in [-0.1, -0.05) is 13.8 Å². The van der Waals surface area contributed by atoms with Crippen molar-refractivity contribution >= 4 is 5.91 Å². The molecule has 1 rings (SSSR count). The summed E-state index contributed by atoms with van der Waals surface area (Å²) in [6.07, 6.45) is 1.60. The summed E-state index contributed by atoms with van der Waals surface area (Å²) in [6.45, 7) is 4.05. The standard InChI is InChI=1S/C9H13N3O/c1-6(2)7-4-5-11-8(12-7)9(13)10-3/h4-6H,1-3H3,(H,10,13). The van der Waals surface area contributed by atoms with E-state index in [0.29, 0.717) is 5.92 Å². The van der Waals surface area contributed by atoms with Gasteiger partial charge < -0.3 is 5.32 Å². The number of carbonyl (C=O) groups excluding carboxylic acids is 1. The average molecular weight is 179 g/mol. The molecule has 0 unspecified atom stereocenters. The van der Waals surface area contributed by atoms with Crippen molar-refractivity contribution in [2.75, 3.05) is 7.05 Å². The number of amides is 1. The molecule has 0 aliphatic heterocycles. The predicted molar refractivity (Wildman–Crippen MR) is 49.5 cm³/mol. The van der Waals surface area contributed by atoms with Crippen LogP contribution in [0.4, 0.5) is 0 Å². The summed E-state index contributed by atoms with van der Waals surface area (Å²) in [7, 11) is 1.56. The van der Waals surface area contributed by atoms with E-state index in [4.69, 9.17) is 0 Å². The van der Waals surface area contributed by atoms with Crippen molar-refractivity contribution in [2.45, 2.75) is 19.8 Å². The summed E-state index contributed by atoms with van der Waals surface area (Å²) < 4.78 is 0. The third kappa shape index (κ3) is 2.24. The van der Waals surface area contributed by atoms with Gasteiger partial charge in [-0.05, 0) is 12.0 Å². The van der Waals surface area contributed by atoms with E-state index >= 15 is 0 Å². The van der Waals surface area contributed by atoms with Gasteiger partial charge in [0.25, 0.3) is 5.91 Å². The van der Waals surface area contributed by atoms with Crippen molar-refractivity contribution in [3.05, 3.63) is 23.8 Å². The summed E-state index contributed by atoms with van der Waals surface area (Å²) in [6, 6.07) is 1.82. The van der Waals surface area contributed by atoms with E-state index in [1.165, 1.54) is 0 Å². The molecular weight excluding hydrogens is 166 g/mol. The maximum Gasteiger partial charge on any atom is 0.288 e. The molecular formula is C9H13N3O. The van der Waals surface area contributed by atoms with Crippen molar-refractivity contribution in [1.29, 1.82) is 0 Å². The molecule has 70 valence electrons. The second-order valence-corrected chi connectivity index (χ2v) is 3.04. The van der Waals surface area contributed by atoms with E-state index in [1.807, 2.05) is 19.9 Å². The molecule has 0 spiro atoms. The number of nitrogens with one attached hydrogen (secondary N) is 1. The summed E-state index contributed by atoms with van der Waals surface area (Å²) in [5, 5.41) is 2.48. The Kier molecular flexibility index (Phi) is 2.95. The molecule has 0 aliphatic rings. The third-order valence-corrected chi connectivity index (χ3v) is 1.70. The second-order valence-electron chi connectivity index (χ2n) is 3.04. The van der Waals surface area contributed by atoms with Gasteiger partial charge in [0, 0.05) is 18.9 Å². The minimum absolute atomic E-state index is 0.230. The molecule has 1 heterocycles. The van der Waals surface area contributed by atoms with Crippen LogP contribution in [0.2, 0.25) is 0 Å². The number of carbonyl (C=O) groups is 1. The Morgan fingerprint density at radius 3 is 2.77 bits per heavy atom. The minimum Gasteiger partial charge on any atom is -0.352 e. The summed E-state index contributed by atoms with van der Waals surface area (Å²) in [5.74, 6) is 0.294. The van der Waals surface area contributed by atoms with E-state index in [9.17, 15) is 4.79 Å². The maximum absolute atomic E-state index is 11.2. The first-order valence-electron chi connectivity index (χ1n) is 4.20. The van der Waals surface area contributed by atoms with Gasteiger partial charge in [-0.15, -0.1) is 0 Å². The molecule has 13 heavy (non-hydrogen) atoms. The van der Waals surface area contributed by atoms with Crippen LogP contribution in [-0.2, 0) is 0 Å². The maximum atomic E-state index is 11.2. The molecule has 0 aliphatic carbocycles. The van der Waals surface area contributed by atoms with Gasteiger partial charge in [0.2, 0.25) is 5.82 Å². The topological polar surface area (TPSA) is 54.9 Å². The Morgan fingerprint density at radius 1 is 1.54 bits per heavy atom. The van der Waals surface area contributed by atoms with Gasteiger partial charge in [-0.2, -0.15) is 0 Å². The van der Waals surface area contributed by atoms with Crippen molar-refractivity contribution < 1.29 is 4.79 Å². The first kappa shape index (κ1) is 9.64. The Morgan fingerprint density at radius 2 is 2.23 bits per heavy atom. The monoisotopic (exact) mass is 179 g/mol. The summed E-state index contributed by atoms with van der Waals surface area (Å²) in [5.41, 5.74) is 0.883. The SMILES string of the molecule is CNC(=O)c1nccc(C(C)C)n1. The quantitative estimate of drug-likeness (QED) is 0.735. The van der Waals surface area contributed by atoms with Crippen molar-refractivity contribution in [1.82, 2.24) is 15.3 Å². The van der Waals surface area contributed by atoms with Gasteiger partial charge in [-0.3, -0.25) is 4.79 Å². The Bertz CT molecular complexity index is 309. The molecule has 0 aromatic carbocycles. The molecule has 0 radical (unpaired) electrons. The van der Waals surface area contributed by atoms with E-state index in [1.54, 1.807) is 13.2 Å².